The molecule has 0 spiro atoms. The molecule has 1 amide bonds. The molecular weight excluding hydrogens is 322 g/mol. The van der Waals surface area contributed by atoms with Crippen molar-refractivity contribution in [1.29, 1.82) is 0 Å². The highest BCUT2D eigenvalue weighted by Crippen LogP contribution is 2.24. The number of thiophene rings is 1. The van der Waals surface area contributed by atoms with E-state index >= 15 is 0 Å². The summed E-state index contributed by atoms with van der Waals surface area (Å²) in [5.41, 5.74) is -1.44. The highest BCUT2D eigenvalue weighted by molar-refractivity contribution is 7.99. The van der Waals surface area contributed by atoms with Gasteiger partial charge in [-0.05, 0) is 19.1 Å². The fourth-order valence-electron chi connectivity index (χ4n) is 1.40. The number of hydrogen-bond acceptors (Lipinski definition) is 5. The molecule has 1 atom stereocenters. The summed E-state index contributed by atoms with van der Waals surface area (Å²) in [7, 11) is 0. The van der Waals surface area contributed by atoms with Crippen molar-refractivity contribution < 1.29 is 19.8 Å². The Labute approximate surface area is 130 Å². The number of carboxylic acid groups (broad SMARTS) is 1. The third kappa shape index (κ3) is 7.14. The van der Waals surface area contributed by atoms with Crippen LogP contribution in [0.3, 0.4) is 0 Å². The first-order chi connectivity index (χ1) is 9.28. The van der Waals surface area contributed by atoms with Gasteiger partial charge in [-0.2, -0.15) is 0 Å². The number of carbonyl (C=O) groups excluding carboxylic acids is 1. The normalized spacial score (nSPS) is 13.8. The quantitative estimate of drug-likeness (QED) is 0.675. The van der Waals surface area contributed by atoms with E-state index in [1.165, 1.54) is 30.0 Å². The lowest BCUT2D eigenvalue weighted by Gasteiger charge is -2.21. The molecule has 0 aromatic carbocycles. The maximum atomic E-state index is 11.6. The monoisotopic (exact) mass is 337 g/mol. The number of amides is 1. The second-order valence-electron chi connectivity index (χ2n) is 4.54. The molecule has 0 radical (unpaired) electrons. The number of aliphatic hydroxyl groups is 1. The van der Waals surface area contributed by atoms with Crippen LogP contribution >= 0.6 is 34.7 Å². The molecule has 0 bridgehead atoms. The van der Waals surface area contributed by atoms with Crippen molar-refractivity contribution in [2.75, 3.05) is 12.3 Å². The summed E-state index contributed by atoms with van der Waals surface area (Å²) in [4.78, 5) is 23.2. The minimum Gasteiger partial charge on any atom is -0.481 e. The first-order valence-corrected chi connectivity index (χ1v) is 8.16. The summed E-state index contributed by atoms with van der Waals surface area (Å²) >= 11 is 8.70. The van der Waals surface area contributed by atoms with Gasteiger partial charge >= 0.3 is 5.97 Å². The van der Waals surface area contributed by atoms with Crippen LogP contribution in [0.15, 0.2) is 12.1 Å². The zero-order chi connectivity index (χ0) is 15.2. The molecule has 1 unspecified atom stereocenters. The Morgan fingerprint density at radius 2 is 2.20 bits per heavy atom. The van der Waals surface area contributed by atoms with Crippen molar-refractivity contribution in [2.45, 2.75) is 24.7 Å². The van der Waals surface area contributed by atoms with Gasteiger partial charge in [0.15, 0.2) is 0 Å². The van der Waals surface area contributed by atoms with Crippen LogP contribution in [-0.2, 0) is 15.3 Å². The van der Waals surface area contributed by atoms with Crippen LogP contribution in [0.1, 0.15) is 18.2 Å². The molecule has 1 aromatic rings. The van der Waals surface area contributed by atoms with E-state index in [2.05, 4.69) is 5.32 Å². The molecule has 0 saturated heterocycles. The molecule has 0 aliphatic carbocycles. The van der Waals surface area contributed by atoms with Crippen LogP contribution in [-0.4, -0.2) is 40.0 Å². The van der Waals surface area contributed by atoms with E-state index in [1.807, 2.05) is 12.1 Å². The maximum absolute atomic E-state index is 11.6. The van der Waals surface area contributed by atoms with Gasteiger partial charge in [-0.1, -0.05) is 11.6 Å². The van der Waals surface area contributed by atoms with Crippen LogP contribution in [0, 0.1) is 0 Å². The minimum absolute atomic E-state index is 0.0798. The lowest BCUT2D eigenvalue weighted by molar-refractivity contribution is -0.142. The molecule has 8 heteroatoms. The topological polar surface area (TPSA) is 86.6 Å². The molecular formula is C12H16ClNO4S2. The van der Waals surface area contributed by atoms with Gasteiger partial charge < -0.3 is 15.5 Å². The summed E-state index contributed by atoms with van der Waals surface area (Å²) in [6, 6.07) is 3.72. The van der Waals surface area contributed by atoms with E-state index in [1.54, 1.807) is 0 Å². The Balaban J connectivity index is 2.22. The number of aliphatic carboxylic acids is 1. The molecule has 0 saturated carbocycles. The van der Waals surface area contributed by atoms with Crippen molar-refractivity contribution in [3.05, 3.63) is 21.3 Å². The Hall–Kier alpha value is -0.760. The van der Waals surface area contributed by atoms with E-state index in [-0.39, 0.29) is 18.2 Å². The molecule has 1 rings (SSSR count). The molecule has 0 aliphatic rings. The van der Waals surface area contributed by atoms with E-state index < -0.39 is 18.0 Å². The standard InChI is InChI=1S/C12H16ClNO4S2/c1-12(18,4-11(16)17)7-14-10(15)6-19-5-8-2-3-9(13)20-8/h2-3,18H,4-7H2,1H3,(H,14,15)(H,16,17). The predicted octanol–water partition coefficient (Wildman–Crippen LogP) is 1.98. The van der Waals surface area contributed by atoms with Crippen LogP contribution in [0.5, 0.6) is 0 Å². The van der Waals surface area contributed by atoms with Crippen molar-refractivity contribution in [3.63, 3.8) is 0 Å². The SMILES string of the molecule is CC(O)(CNC(=O)CSCc1ccc(Cl)s1)CC(=O)O. The van der Waals surface area contributed by atoms with E-state index in [0.29, 0.717) is 5.75 Å². The first-order valence-electron chi connectivity index (χ1n) is 5.81. The zero-order valence-corrected chi connectivity index (χ0v) is 13.3. The van der Waals surface area contributed by atoms with Gasteiger partial charge in [0.2, 0.25) is 5.91 Å². The summed E-state index contributed by atoms with van der Waals surface area (Å²) in [5, 5.41) is 20.8. The smallest absolute Gasteiger partial charge is 0.306 e. The molecule has 0 fully saturated rings. The van der Waals surface area contributed by atoms with Crippen LogP contribution < -0.4 is 5.32 Å². The van der Waals surface area contributed by atoms with Gasteiger partial charge in [0.25, 0.3) is 0 Å². The highest BCUT2D eigenvalue weighted by atomic mass is 35.5. The number of nitrogens with one attached hydrogen (secondary N) is 1. The van der Waals surface area contributed by atoms with E-state index in [0.717, 1.165) is 9.21 Å². The first kappa shape index (κ1) is 17.3. The van der Waals surface area contributed by atoms with E-state index in [4.69, 9.17) is 16.7 Å². The molecule has 112 valence electrons. The fraction of sp³-hybridized carbons (Fsp3) is 0.500. The number of carboxylic acids is 1. The zero-order valence-electron chi connectivity index (χ0n) is 10.9. The minimum atomic E-state index is -1.44. The lowest BCUT2D eigenvalue weighted by Crippen LogP contribution is -2.42. The Morgan fingerprint density at radius 1 is 1.50 bits per heavy atom. The predicted molar refractivity (Wildman–Crippen MR) is 81.4 cm³/mol. The van der Waals surface area contributed by atoms with Gasteiger partial charge in [-0.15, -0.1) is 23.1 Å². The van der Waals surface area contributed by atoms with Gasteiger partial charge in [-0.25, -0.2) is 0 Å². The van der Waals surface area contributed by atoms with Crippen molar-refractivity contribution >= 4 is 46.6 Å². The van der Waals surface area contributed by atoms with Crippen LogP contribution in [0.4, 0.5) is 0 Å². The second kappa shape index (κ2) is 7.87. The van der Waals surface area contributed by atoms with Gasteiger partial charge in [0.1, 0.15) is 0 Å². The molecule has 3 N–H and O–H groups in total. The number of thioether (sulfide) groups is 1. The maximum Gasteiger partial charge on any atom is 0.306 e. The lowest BCUT2D eigenvalue weighted by atomic mass is 10.0. The Bertz CT molecular complexity index is 476. The summed E-state index contributed by atoms with van der Waals surface area (Å²) in [5.74, 6) is -0.397. The number of carbonyl (C=O) groups is 2. The van der Waals surface area contributed by atoms with Crippen LogP contribution in [0.25, 0.3) is 0 Å². The summed E-state index contributed by atoms with van der Waals surface area (Å²) < 4.78 is 0.717. The van der Waals surface area contributed by atoms with Gasteiger partial charge in [0.05, 0.1) is 22.1 Å². The number of rotatable bonds is 8. The van der Waals surface area contributed by atoms with Gasteiger partial charge in [-0.3, -0.25) is 9.59 Å². The molecule has 0 aliphatic heterocycles. The second-order valence-corrected chi connectivity index (χ2v) is 7.33. The van der Waals surface area contributed by atoms with E-state index in [9.17, 15) is 14.7 Å². The number of halogens is 1. The average molecular weight is 338 g/mol. The molecule has 5 nitrogen and oxygen atoms in total. The molecule has 1 aromatic heterocycles. The Morgan fingerprint density at radius 3 is 2.75 bits per heavy atom. The van der Waals surface area contributed by atoms with Gasteiger partial charge in [0, 0.05) is 17.2 Å². The van der Waals surface area contributed by atoms with Crippen LogP contribution in [0.2, 0.25) is 4.34 Å². The third-order valence-electron chi connectivity index (χ3n) is 2.30. The largest absolute Gasteiger partial charge is 0.481 e. The average Bonchev–Trinajstić information content (AvgIpc) is 2.71. The summed E-state index contributed by atoms with van der Waals surface area (Å²) in [6.07, 6.45) is -0.409. The van der Waals surface area contributed by atoms with Crippen molar-refractivity contribution in [3.8, 4) is 0 Å². The van der Waals surface area contributed by atoms with Crippen molar-refractivity contribution in [2.24, 2.45) is 0 Å². The third-order valence-corrected chi connectivity index (χ3v) is 4.70. The number of hydrogen-bond donors (Lipinski definition) is 3. The Kier molecular flexibility index (Phi) is 6.81. The molecule has 1 heterocycles. The highest BCUT2D eigenvalue weighted by Gasteiger charge is 2.24. The van der Waals surface area contributed by atoms with Crippen molar-refractivity contribution in [1.82, 2.24) is 5.32 Å². The molecule has 20 heavy (non-hydrogen) atoms. The fourth-order valence-corrected chi connectivity index (χ4v) is 3.46. The summed E-state index contributed by atoms with van der Waals surface area (Å²) in [6.45, 7) is 1.30.